The fraction of sp³-hybridized carbons (Fsp3) is 0.0577. The predicted molar refractivity (Wildman–Crippen MR) is 243 cm³/mol. The first-order chi connectivity index (χ1) is 28.2. The molecular weight excluding hydrogens is 709 g/mol. The molecule has 0 saturated heterocycles. The van der Waals surface area contributed by atoms with Gasteiger partial charge in [-0.2, -0.15) is 0 Å². The van der Waals surface area contributed by atoms with Crippen LogP contribution in [0.4, 0.5) is 0 Å². The first-order valence-electron chi connectivity index (χ1n) is 19.6. The summed E-state index contributed by atoms with van der Waals surface area (Å²) >= 11 is 0. The van der Waals surface area contributed by atoms with Crippen molar-refractivity contribution in [1.82, 2.24) is 9.88 Å². The smallest absolute Gasteiger partial charge is 0.181 e. The van der Waals surface area contributed by atoms with Crippen LogP contribution in [0.15, 0.2) is 223 Å². The number of rotatable bonds is 11. The van der Waals surface area contributed by atoms with Crippen molar-refractivity contribution in [2.45, 2.75) is 12.2 Å². The summed E-state index contributed by atoms with van der Waals surface area (Å²) in [6.07, 6.45) is -0.250. The van der Waals surface area contributed by atoms with E-state index >= 15 is 0 Å². The van der Waals surface area contributed by atoms with E-state index in [1.54, 1.807) is 0 Å². The van der Waals surface area contributed by atoms with Gasteiger partial charge in [-0.15, -0.1) is 0 Å². The standard InChI is InChI=1S/C52H44N4Si/c1-54-52(40-22-9-3-10-23-40)55-50(39-20-7-2-8-21-39)49(53)38-34-36-44(37-35-38)57(42-26-13-5-14-27-42,43-28-15-6-16-29-43)48-33-19-31-46-45-30-17-18-32-47(45)56(51(46)48)41-24-11-4-12-25-41/h2-37,49,52,54H,53H2,1H3/t49-,52?/m1/s1. The number of nitrogens with one attached hydrogen (secondary N) is 1. The van der Waals surface area contributed by atoms with Gasteiger partial charge in [0.2, 0.25) is 0 Å². The average molecular weight is 753 g/mol. The van der Waals surface area contributed by atoms with E-state index in [-0.39, 0.29) is 6.17 Å². The summed E-state index contributed by atoms with van der Waals surface area (Å²) in [5, 5.41) is 11.1. The summed E-state index contributed by atoms with van der Waals surface area (Å²) in [4.78, 5) is 5.31. The van der Waals surface area contributed by atoms with Crippen molar-refractivity contribution in [2.24, 2.45) is 10.7 Å². The van der Waals surface area contributed by atoms with Crippen LogP contribution in [0, 0.1) is 0 Å². The molecule has 0 bridgehead atoms. The number of nitrogens with zero attached hydrogens (tertiary/aromatic N) is 2. The van der Waals surface area contributed by atoms with E-state index in [1.807, 2.05) is 43.4 Å². The average Bonchev–Trinajstić information content (AvgIpc) is 3.64. The summed E-state index contributed by atoms with van der Waals surface area (Å²) in [5.74, 6) is 0. The molecule has 0 amide bonds. The molecule has 1 unspecified atom stereocenters. The molecule has 0 saturated carbocycles. The van der Waals surface area contributed by atoms with Gasteiger partial charge in [0.25, 0.3) is 0 Å². The van der Waals surface area contributed by atoms with Crippen LogP contribution >= 0.6 is 0 Å². The molecule has 3 N–H and O–H groups in total. The highest BCUT2D eigenvalue weighted by Crippen LogP contribution is 2.32. The molecule has 276 valence electrons. The maximum Gasteiger partial charge on any atom is 0.181 e. The van der Waals surface area contributed by atoms with E-state index < -0.39 is 14.1 Å². The van der Waals surface area contributed by atoms with E-state index in [4.69, 9.17) is 10.7 Å². The van der Waals surface area contributed by atoms with E-state index in [1.165, 1.54) is 42.6 Å². The normalized spacial score (nSPS) is 13.1. The molecule has 0 aliphatic rings. The molecule has 0 fully saturated rings. The summed E-state index contributed by atoms with van der Waals surface area (Å²) in [6.45, 7) is 0. The number of hydrogen-bond acceptors (Lipinski definition) is 3. The third-order valence-electron chi connectivity index (χ3n) is 11.3. The third kappa shape index (κ3) is 6.52. The zero-order valence-electron chi connectivity index (χ0n) is 31.9. The Morgan fingerprint density at radius 3 is 1.63 bits per heavy atom. The first-order valence-corrected chi connectivity index (χ1v) is 21.6. The monoisotopic (exact) mass is 752 g/mol. The lowest BCUT2D eigenvalue weighted by Crippen LogP contribution is -2.75. The number of aromatic nitrogens is 1. The van der Waals surface area contributed by atoms with Crippen LogP contribution in [0.1, 0.15) is 28.9 Å². The highest BCUT2D eigenvalue weighted by molar-refractivity contribution is 7.20. The van der Waals surface area contributed by atoms with Gasteiger partial charge in [0.1, 0.15) is 6.17 Å². The van der Waals surface area contributed by atoms with Gasteiger partial charge in [-0.1, -0.05) is 200 Å². The SMILES string of the molecule is CNC(N=C(c1ccccc1)[C@H](N)c1ccc([Si](c2ccccc2)(c2ccccc2)c2cccc3c4ccccc4n(-c4ccccc4)c23)cc1)c1ccccc1. The van der Waals surface area contributed by atoms with E-state index in [0.29, 0.717) is 0 Å². The molecule has 5 heteroatoms. The lowest BCUT2D eigenvalue weighted by atomic mass is 9.97. The van der Waals surface area contributed by atoms with Crippen LogP contribution < -0.4 is 31.8 Å². The first kappa shape index (κ1) is 36.0. The number of aliphatic imine (C=N–C) groups is 1. The van der Waals surface area contributed by atoms with Crippen molar-refractivity contribution in [3.8, 4) is 5.69 Å². The third-order valence-corrected chi connectivity index (χ3v) is 16.1. The number of nitrogens with two attached hydrogens (primary N) is 1. The minimum atomic E-state index is -3.02. The van der Waals surface area contributed by atoms with Crippen molar-refractivity contribution in [3.63, 3.8) is 0 Å². The number of fused-ring (bicyclic) bond motifs is 3. The quantitative estimate of drug-likeness (QED) is 0.0791. The lowest BCUT2D eigenvalue weighted by molar-refractivity contribution is 0.621. The summed E-state index contributed by atoms with van der Waals surface area (Å²) in [6, 6.07) is 78.1. The highest BCUT2D eigenvalue weighted by Gasteiger charge is 2.43. The summed E-state index contributed by atoms with van der Waals surface area (Å²) in [5.41, 5.74) is 14.8. The van der Waals surface area contributed by atoms with Gasteiger partial charge in [0.15, 0.2) is 8.07 Å². The van der Waals surface area contributed by atoms with Crippen LogP contribution in [-0.2, 0) is 0 Å². The molecule has 0 radical (unpaired) electrons. The second kappa shape index (κ2) is 15.8. The molecule has 0 aliphatic heterocycles. The minimum absolute atomic E-state index is 0.250. The Labute approximate surface area is 335 Å². The maximum absolute atomic E-state index is 7.30. The van der Waals surface area contributed by atoms with Crippen LogP contribution in [0.5, 0.6) is 0 Å². The predicted octanol–water partition coefficient (Wildman–Crippen LogP) is 8.57. The summed E-state index contributed by atoms with van der Waals surface area (Å²) < 4.78 is 2.48. The minimum Gasteiger partial charge on any atom is -0.319 e. The Bertz CT molecular complexity index is 2730. The largest absolute Gasteiger partial charge is 0.319 e. The van der Waals surface area contributed by atoms with Crippen molar-refractivity contribution in [2.75, 3.05) is 7.05 Å². The molecule has 4 nitrogen and oxygen atoms in total. The van der Waals surface area contributed by atoms with Gasteiger partial charge in [-0.25, -0.2) is 0 Å². The van der Waals surface area contributed by atoms with Crippen LogP contribution in [-0.4, -0.2) is 25.4 Å². The van der Waals surface area contributed by atoms with Crippen molar-refractivity contribution < 1.29 is 0 Å². The highest BCUT2D eigenvalue weighted by atomic mass is 28.3. The van der Waals surface area contributed by atoms with Gasteiger partial charge in [-0.3, -0.25) is 10.3 Å². The number of hydrogen-bond donors (Lipinski definition) is 2. The maximum atomic E-state index is 7.30. The fourth-order valence-electron chi connectivity index (χ4n) is 8.63. The van der Waals surface area contributed by atoms with Crippen molar-refractivity contribution >= 4 is 56.3 Å². The number of para-hydroxylation sites is 3. The second-order valence-electron chi connectivity index (χ2n) is 14.5. The Hall–Kier alpha value is -6.63. The fourth-order valence-corrected chi connectivity index (χ4v) is 13.6. The molecule has 0 aliphatic carbocycles. The molecule has 1 heterocycles. The van der Waals surface area contributed by atoms with Crippen LogP contribution in [0.25, 0.3) is 27.5 Å². The molecule has 9 rings (SSSR count). The van der Waals surface area contributed by atoms with E-state index in [0.717, 1.165) is 28.1 Å². The van der Waals surface area contributed by atoms with Gasteiger partial charge < -0.3 is 10.3 Å². The van der Waals surface area contributed by atoms with Crippen molar-refractivity contribution in [1.29, 1.82) is 0 Å². The van der Waals surface area contributed by atoms with E-state index in [9.17, 15) is 0 Å². The van der Waals surface area contributed by atoms with Crippen LogP contribution in [0.3, 0.4) is 0 Å². The van der Waals surface area contributed by atoms with Gasteiger partial charge in [0.05, 0.1) is 22.8 Å². The van der Waals surface area contributed by atoms with Crippen molar-refractivity contribution in [3.05, 3.63) is 235 Å². The molecule has 0 spiro atoms. The topological polar surface area (TPSA) is 55.3 Å². The zero-order chi connectivity index (χ0) is 38.6. The second-order valence-corrected chi connectivity index (χ2v) is 18.2. The molecule has 57 heavy (non-hydrogen) atoms. The van der Waals surface area contributed by atoms with Gasteiger partial charge in [0, 0.05) is 16.5 Å². The molecule has 1 aromatic heterocycles. The Kier molecular flexibility index (Phi) is 10.0. The Morgan fingerprint density at radius 2 is 1.02 bits per heavy atom. The Balaban J connectivity index is 1.29. The Morgan fingerprint density at radius 1 is 0.509 bits per heavy atom. The zero-order valence-corrected chi connectivity index (χ0v) is 32.9. The van der Waals surface area contributed by atoms with Gasteiger partial charge in [-0.05, 0) is 62.7 Å². The molecule has 2 atom stereocenters. The number of benzene rings is 8. The molecule has 9 aromatic rings. The van der Waals surface area contributed by atoms with Crippen LogP contribution in [0.2, 0.25) is 0 Å². The summed E-state index contributed by atoms with van der Waals surface area (Å²) in [7, 11) is -1.07. The molecular formula is C52H44N4Si. The molecule has 8 aromatic carbocycles. The lowest BCUT2D eigenvalue weighted by Gasteiger charge is -2.35. The van der Waals surface area contributed by atoms with E-state index in [2.05, 4.69) is 192 Å². The van der Waals surface area contributed by atoms with Gasteiger partial charge >= 0.3 is 0 Å².